The Morgan fingerprint density at radius 3 is 2.30 bits per heavy atom. The maximum atomic E-state index is 11.3. The van der Waals surface area contributed by atoms with Crippen molar-refractivity contribution in [3.8, 4) is 0 Å². The Morgan fingerprint density at radius 1 is 1.13 bits per heavy atom. The Kier molecular flexibility index (Phi) is 12.1. The van der Waals surface area contributed by atoms with Gasteiger partial charge in [0.05, 0.1) is 11.9 Å². The molecule has 0 aliphatic rings. The Bertz CT molecular complexity index is 424. The lowest BCUT2D eigenvalue weighted by atomic mass is 10.0. The van der Waals surface area contributed by atoms with Crippen LogP contribution in [0.2, 0.25) is 0 Å². The Hall–Kier alpha value is -0.860. The topological polar surface area (TPSA) is 91.8 Å². The fraction of sp³-hybridized carbons (Fsp3) is 0.933. The zero-order valence-corrected chi connectivity index (χ0v) is 16.0. The predicted octanol–water partition coefficient (Wildman–Crippen LogP) is 0.932. The molecule has 1 unspecified atom stereocenters. The fourth-order valence-corrected chi connectivity index (χ4v) is 2.66. The number of guanidine groups is 1. The summed E-state index contributed by atoms with van der Waals surface area (Å²) in [6.07, 6.45) is 1.87. The Morgan fingerprint density at radius 2 is 1.78 bits per heavy atom. The third kappa shape index (κ3) is 11.3. The summed E-state index contributed by atoms with van der Waals surface area (Å²) >= 11 is 0. The van der Waals surface area contributed by atoms with E-state index < -0.39 is 10.0 Å². The highest BCUT2D eigenvalue weighted by Gasteiger charge is 2.12. The third-order valence-electron chi connectivity index (χ3n) is 3.42. The van der Waals surface area contributed by atoms with E-state index in [0.717, 1.165) is 25.5 Å². The van der Waals surface area contributed by atoms with Gasteiger partial charge in [0.25, 0.3) is 0 Å². The molecular formula is C15H34N4O3S. The predicted molar refractivity (Wildman–Crippen MR) is 96.3 cm³/mol. The number of rotatable bonds is 12. The average molecular weight is 351 g/mol. The van der Waals surface area contributed by atoms with Crippen LogP contribution in [0.4, 0.5) is 0 Å². The van der Waals surface area contributed by atoms with E-state index in [-0.39, 0.29) is 11.9 Å². The molecule has 0 rings (SSSR count). The van der Waals surface area contributed by atoms with Gasteiger partial charge in [0.1, 0.15) is 0 Å². The van der Waals surface area contributed by atoms with Gasteiger partial charge in [-0.2, -0.15) is 0 Å². The molecule has 0 amide bonds. The molecule has 0 aliphatic carbocycles. The van der Waals surface area contributed by atoms with Crippen LogP contribution in [0.1, 0.15) is 40.5 Å². The van der Waals surface area contributed by atoms with Gasteiger partial charge in [0.2, 0.25) is 10.0 Å². The van der Waals surface area contributed by atoms with Crippen LogP contribution >= 0.6 is 0 Å². The maximum absolute atomic E-state index is 11.3. The van der Waals surface area contributed by atoms with Crippen molar-refractivity contribution in [2.75, 3.05) is 39.0 Å². The van der Waals surface area contributed by atoms with Crippen LogP contribution in [0.25, 0.3) is 0 Å². The van der Waals surface area contributed by atoms with Crippen LogP contribution < -0.4 is 15.4 Å². The second kappa shape index (κ2) is 12.5. The van der Waals surface area contributed by atoms with Crippen molar-refractivity contribution in [3.63, 3.8) is 0 Å². The highest BCUT2D eigenvalue weighted by molar-refractivity contribution is 7.89. The molecule has 0 radical (unpaired) electrons. The highest BCUT2D eigenvalue weighted by Crippen LogP contribution is 2.09. The SMILES string of the molecule is CCOC(CCNC(=NC)NCCCNS(=O)(=O)CC)C(C)C. The summed E-state index contributed by atoms with van der Waals surface area (Å²) in [5.74, 6) is 1.32. The first-order valence-electron chi connectivity index (χ1n) is 8.39. The fourth-order valence-electron chi connectivity index (χ4n) is 2.00. The quantitative estimate of drug-likeness (QED) is 0.277. The lowest BCUT2D eigenvalue weighted by Crippen LogP contribution is -2.40. The Labute approximate surface area is 141 Å². The molecule has 0 aromatic carbocycles. The third-order valence-corrected chi connectivity index (χ3v) is 4.82. The van der Waals surface area contributed by atoms with Crippen LogP contribution in [-0.2, 0) is 14.8 Å². The minimum absolute atomic E-state index is 0.112. The monoisotopic (exact) mass is 350 g/mol. The molecule has 7 nitrogen and oxygen atoms in total. The van der Waals surface area contributed by atoms with Gasteiger partial charge in [-0.1, -0.05) is 13.8 Å². The first-order chi connectivity index (χ1) is 10.9. The van der Waals surface area contributed by atoms with Crippen molar-refractivity contribution in [3.05, 3.63) is 0 Å². The molecule has 0 saturated heterocycles. The molecule has 8 heteroatoms. The number of ether oxygens (including phenoxy) is 1. The van der Waals surface area contributed by atoms with E-state index in [1.165, 1.54) is 0 Å². The second-order valence-electron chi connectivity index (χ2n) is 5.60. The van der Waals surface area contributed by atoms with Gasteiger partial charge in [-0.25, -0.2) is 13.1 Å². The zero-order valence-electron chi connectivity index (χ0n) is 15.2. The van der Waals surface area contributed by atoms with Crippen molar-refractivity contribution in [2.24, 2.45) is 10.9 Å². The molecule has 0 aromatic heterocycles. The van der Waals surface area contributed by atoms with Crippen molar-refractivity contribution in [2.45, 2.75) is 46.6 Å². The molecular weight excluding hydrogens is 316 g/mol. The molecule has 0 aliphatic heterocycles. The molecule has 0 fully saturated rings. The van der Waals surface area contributed by atoms with E-state index in [1.54, 1.807) is 14.0 Å². The van der Waals surface area contributed by atoms with E-state index in [9.17, 15) is 8.42 Å². The van der Waals surface area contributed by atoms with Crippen LogP contribution in [0.3, 0.4) is 0 Å². The van der Waals surface area contributed by atoms with Gasteiger partial charge >= 0.3 is 0 Å². The number of nitrogens with zero attached hydrogens (tertiary/aromatic N) is 1. The van der Waals surface area contributed by atoms with Crippen molar-refractivity contribution < 1.29 is 13.2 Å². The molecule has 3 N–H and O–H groups in total. The molecule has 23 heavy (non-hydrogen) atoms. The van der Waals surface area contributed by atoms with E-state index in [0.29, 0.717) is 25.4 Å². The van der Waals surface area contributed by atoms with Gasteiger partial charge in [-0.3, -0.25) is 4.99 Å². The van der Waals surface area contributed by atoms with Gasteiger partial charge in [-0.05, 0) is 32.6 Å². The second-order valence-corrected chi connectivity index (χ2v) is 7.70. The summed E-state index contributed by atoms with van der Waals surface area (Å²) in [6.45, 7) is 10.5. The molecule has 0 heterocycles. The van der Waals surface area contributed by atoms with E-state index in [1.807, 2.05) is 6.92 Å². The number of nitrogens with one attached hydrogen (secondary N) is 3. The first kappa shape index (κ1) is 22.1. The van der Waals surface area contributed by atoms with E-state index in [2.05, 4.69) is 34.2 Å². The molecule has 138 valence electrons. The zero-order chi connectivity index (χ0) is 17.7. The normalized spacial score (nSPS) is 14.1. The molecule has 0 saturated carbocycles. The average Bonchev–Trinajstić information content (AvgIpc) is 2.51. The van der Waals surface area contributed by atoms with Gasteiger partial charge < -0.3 is 15.4 Å². The number of aliphatic imine (C=N–C) groups is 1. The summed E-state index contributed by atoms with van der Waals surface area (Å²) < 4.78 is 30.8. The smallest absolute Gasteiger partial charge is 0.211 e. The Balaban J connectivity index is 3.91. The molecule has 0 aromatic rings. The minimum atomic E-state index is -3.10. The lowest BCUT2D eigenvalue weighted by Gasteiger charge is -2.21. The summed E-state index contributed by atoms with van der Waals surface area (Å²) in [4.78, 5) is 4.15. The van der Waals surface area contributed by atoms with Crippen LogP contribution in [0.15, 0.2) is 4.99 Å². The van der Waals surface area contributed by atoms with Crippen molar-refractivity contribution >= 4 is 16.0 Å². The van der Waals surface area contributed by atoms with Crippen molar-refractivity contribution in [1.29, 1.82) is 0 Å². The summed E-state index contributed by atoms with van der Waals surface area (Å²) in [5, 5.41) is 6.42. The molecule has 0 spiro atoms. The van der Waals surface area contributed by atoms with Crippen LogP contribution in [-0.4, -0.2) is 59.5 Å². The standard InChI is InChI=1S/C15H34N4O3S/c1-6-22-14(13(3)4)9-12-18-15(16-5)17-10-8-11-19-23(20,21)7-2/h13-14,19H,6-12H2,1-5H3,(H2,16,17,18). The summed E-state index contributed by atoms with van der Waals surface area (Å²) in [7, 11) is -1.38. The highest BCUT2D eigenvalue weighted by atomic mass is 32.2. The van der Waals surface area contributed by atoms with Gasteiger partial charge in [0.15, 0.2) is 5.96 Å². The van der Waals surface area contributed by atoms with Crippen molar-refractivity contribution in [1.82, 2.24) is 15.4 Å². The van der Waals surface area contributed by atoms with Crippen LogP contribution in [0.5, 0.6) is 0 Å². The van der Waals surface area contributed by atoms with Gasteiger partial charge in [-0.15, -0.1) is 0 Å². The minimum Gasteiger partial charge on any atom is -0.378 e. The summed E-state index contributed by atoms with van der Waals surface area (Å²) in [6, 6.07) is 0. The first-order valence-corrected chi connectivity index (χ1v) is 10.0. The van der Waals surface area contributed by atoms with E-state index in [4.69, 9.17) is 4.74 Å². The maximum Gasteiger partial charge on any atom is 0.211 e. The summed E-state index contributed by atoms with van der Waals surface area (Å²) in [5.41, 5.74) is 0. The van der Waals surface area contributed by atoms with E-state index >= 15 is 0 Å². The van der Waals surface area contributed by atoms with Gasteiger partial charge in [0, 0.05) is 33.3 Å². The molecule has 0 bridgehead atoms. The number of hydrogen-bond acceptors (Lipinski definition) is 4. The lowest BCUT2D eigenvalue weighted by molar-refractivity contribution is 0.0258. The largest absolute Gasteiger partial charge is 0.378 e. The number of sulfonamides is 1. The van der Waals surface area contributed by atoms with Crippen LogP contribution in [0, 0.1) is 5.92 Å². The number of hydrogen-bond donors (Lipinski definition) is 3. The molecule has 1 atom stereocenters.